The Bertz CT molecular complexity index is 626. The van der Waals surface area contributed by atoms with Crippen molar-refractivity contribution in [3.8, 4) is 0 Å². The first kappa shape index (κ1) is 38.1. The van der Waals surface area contributed by atoms with Gasteiger partial charge >= 0.3 is 19.8 Å². The average Bonchev–Trinajstić information content (AvgIpc) is 2.89. The Morgan fingerprint density at radius 1 is 0.590 bits per heavy atom. The SMILES string of the molecule is CCCCCCCCCCCCCC(=O)OC(C)COP(=O)(O)OC(=O)CCCCCCCCCCCCC. The van der Waals surface area contributed by atoms with Crippen LogP contribution in [0.5, 0.6) is 0 Å². The smallest absolute Gasteiger partial charge is 0.460 e. The van der Waals surface area contributed by atoms with Crippen LogP contribution in [-0.2, 0) is 27.9 Å². The molecule has 0 bridgehead atoms. The second-order valence-corrected chi connectivity index (χ2v) is 12.5. The zero-order valence-electron chi connectivity index (χ0n) is 25.6. The van der Waals surface area contributed by atoms with Gasteiger partial charge in [-0.25, -0.2) is 4.57 Å². The van der Waals surface area contributed by atoms with Crippen LogP contribution in [0, 0.1) is 0 Å². The van der Waals surface area contributed by atoms with E-state index in [0.717, 1.165) is 38.5 Å². The summed E-state index contributed by atoms with van der Waals surface area (Å²) in [6.45, 7) is 5.75. The van der Waals surface area contributed by atoms with Crippen molar-refractivity contribution < 1.29 is 32.8 Å². The Morgan fingerprint density at radius 2 is 0.923 bits per heavy atom. The van der Waals surface area contributed by atoms with Crippen LogP contribution >= 0.6 is 7.82 Å². The molecule has 7 nitrogen and oxygen atoms in total. The van der Waals surface area contributed by atoms with Crippen LogP contribution in [0.25, 0.3) is 0 Å². The highest BCUT2D eigenvalue weighted by atomic mass is 31.2. The molecule has 0 rings (SSSR count). The van der Waals surface area contributed by atoms with Gasteiger partial charge in [0.1, 0.15) is 6.10 Å². The normalized spacial score (nSPS) is 13.6. The molecule has 0 aliphatic heterocycles. The molecular formula is C31H61O7P. The molecule has 0 amide bonds. The van der Waals surface area contributed by atoms with E-state index >= 15 is 0 Å². The summed E-state index contributed by atoms with van der Waals surface area (Å²) < 4.78 is 26.8. The number of unbranched alkanes of at least 4 members (excludes halogenated alkanes) is 20. The van der Waals surface area contributed by atoms with Gasteiger partial charge in [-0.2, -0.15) is 0 Å². The number of phosphoric ester groups is 1. The fourth-order valence-corrected chi connectivity index (χ4v) is 5.38. The van der Waals surface area contributed by atoms with Gasteiger partial charge in [-0.3, -0.25) is 19.0 Å². The third-order valence-electron chi connectivity index (χ3n) is 6.99. The van der Waals surface area contributed by atoms with Crippen LogP contribution in [-0.4, -0.2) is 29.5 Å². The zero-order valence-corrected chi connectivity index (χ0v) is 26.5. The van der Waals surface area contributed by atoms with Gasteiger partial charge in [-0.1, -0.05) is 142 Å². The zero-order chi connectivity index (χ0) is 29.0. The predicted molar refractivity (Wildman–Crippen MR) is 160 cm³/mol. The molecular weight excluding hydrogens is 515 g/mol. The Labute approximate surface area is 240 Å². The maximum absolute atomic E-state index is 12.1. The van der Waals surface area contributed by atoms with Crippen molar-refractivity contribution in [2.24, 2.45) is 0 Å². The van der Waals surface area contributed by atoms with Gasteiger partial charge in [0.15, 0.2) is 0 Å². The molecule has 0 saturated heterocycles. The maximum atomic E-state index is 12.1. The van der Waals surface area contributed by atoms with E-state index in [4.69, 9.17) is 9.26 Å². The van der Waals surface area contributed by atoms with Crippen molar-refractivity contribution in [3.63, 3.8) is 0 Å². The number of carbonyl (C=O) groups excluding carboxylic acids is 2. The molecule has 0 heterocycles. The van der Waals surface area contributed by atoms with Crippen LogP contribution in [0.15, 0.2) is 0 Å². The number of carbonyl (C=O) groups is 2. The predicted octanol–water partition coefficient (Wildman–Crippen LogP) is 9.98. The minimum Gasteiger partial charge on any atom is -0.460 e. The van der Waals surface area contributed by atoms with Crippen molar-refractivity contribution in [2.75, 3.05) is 6.61 Å². The summed E-state index contributed by atoms with van der Waals surface area (Å²) in [4.78, 5) is 33.7. The van der Waals surface area contributed by atoms with Gasteiger partial charge in [0.05, 0.1) is 6.61 Å². The standard InChI is InChI=1S/C31H61O7P/c1-4-6-8-10-12-14-16-18-20-22-24-26-30(32)37-29(3)28-36-39(34,35)38-31(33)27-25-23-21-19-17-15-13-11-9-7-5-2/h29H,4-28H2,1-3H3,(H,34,35). The number of esters is 1. The lowest BCUT2D eigenvalue weighted by atomic mass is 10.1. The number of rotatable bonds is 29. The van der Waals surface area contributed by atoms with Crippen LogP contribution in [0.3, 0.4) is 0 Å². The second kappa shape index (κ2) is 27.3. The van der Waals surface area contributed by atoms with Gasteiger partial charge < -0.3 is 9.26 Å². The molecule has 2 unspecified atom stereocenters. The van der Waals surface area contributed by atoms with Crippen LogP contribution in [0.2, 0.25) is 0 Å². The van der Waals surface area contributed by atoms with E-state index in [-0.39, 0.29) is 19.0 Å². The minimum atomic E-state index is -4.52. The molecule has 2 atom stereocenters. The van der Waals surface area contributed by atoms with Gasteiger partial charge in [-0.15, -0.1) is 0 Å². The fraction of sp³-hybridized carbons (Fsp3) is 0.935. The van der Waals surface area contributed by atoms with Crippen molar-refractivity contribution in [3.05, 3.63) is 0 Å². The summed E-state index contributed by atoms with van der Waals surface area (Å²) in [5.41, 5.74) is 0. The Morgan fingerprint density at radius 3 is 1.31 bits per heavy atom. The lowest BCUT2D eigenvalue weighted by Crippen LogP contribution is -2.20. The van der Waals surface area contributed by atoms with E-state index in [0.29, 0.717) is 12.8 Å². The Hall–Kier alpha value is -0.910. The lowest BCUT2D eigenvalue weighted by Gasteiger charge is -2.16. The second-order valence-electron chi connectivity index (χ2n) is 11.1. The minimum absolute atomic E-state index is 0.0917. The summed E-state index contributed by atoms with van der Waals surface area (Å²) >= 11 is 0. The van der Waals surface area contributed by atoms with E-state index in [2.05, 4.69) is 18.4 Å². The highest BCUT2D eigenvalue weighted by Gasteiger charge is 2.27. The molecule has 232 valence electrons. The molecule has 1 N–H and O–H groups in total. The number of phosphoric acid groups is 1. The Kier molecular flexibility index (Phi) is 26.6. The number of ether oxygens (including phenoxy) is 1. The number of hydrogen-bond acceptors (Lipinski definition) is 6. The maximum Gasteiger partial charge on any atom is 0.529 e. The molecule has 0 aromatic heterocycles. The largest absolute Gasteiger partial charge is 0.529 e. The summed E-state index contributed by atoms with van der Waals surface area (Å²) in [5.74, 6) is -1.08. The van der Waals surface area contributed by atoms with E-state index in [1.165, 1.54) is 96.3 Å². The van der Waals surface area contributed by atoms with Crippen LogP contribution < -0.4 is 0 Å². The summed E-state index contributed by atoms with van der Waals surface area (Å²) in [7, 11) is -4.52. The first-order valence-electron chi connectivity index (χ1n) is 16.2. The highest BCUT2D eigenvalue weighted by molar-refractivity contribution is 7.48. The van der Waals surface area contributed by atoms with E-state index in [1.54, 1.807) is 6.92 Å². The van der Waals surface area contributed by atoms with Crippen molar-refractivity contribution in [1.82, 2.24) is 0 Å². The third-order valence-corrected chi connectivity index (χ3v) is 7.90. The molecule has 0 aliphatic rings. The van der Waals surface area contributed by atoms with Gasteiger partial charge in [0.25, 0.3) is 0 Å². The van der Waals surface area contributed by atoms with E-state index in [1.807, 2.05) is 0 Å². The molecule has 0 radical (unpaired) electrons. The fourth-order valence-electron chi connectivity index (χ4n) is 4.58. The van der Waals surface area contributed by atoms with Crippen molar-refractivity contribution >= 4 is 19.8 Å². The third kappa shape index (κ3) is 28.4. The monoisotopic (exact) mass is 576 g/mol. The molecule has 0 aliphatic carbocycles. The molecule has 8 heteroatoms. The van der Waals surface area contributed by atoms with Crippen molar-refractivity contribution in [1.29, 1.82) is 0 Å². The topological polar surface area (TPSA) is 99.1 Å². The van der Waals surface area contributed by atoms with Gasteiger partial charge in [-0.05, 0) is 19.8 Å². The van der Waals surface area contributed by atoms with Crippen LogP contribution in [0.1, 0.15) is 175 Å². The summed E-state index contributed by atoms with van der Waals surface area (Å²) in [5, 5.41) is 0. The number of hydrogen-bond donors (Lipinski definition) is 1. The molecule has 0 aromatic carbocycles. The molecule has 39 heavy (non-hydrogen) atoms. The molecule has 0 spiro atoms. The van der Waals surface area contributed by atoms with Gasteiger partial charge in [0.2, 0.25) is 0 Å². The summed E-state index contributed by atoms with van der Waals surface area (Å²) in [6, 6.07) is 0. The molecule has 0 aromatic rings. The van der Waals surface area contributed by atoms with Crippen LogP contribution in [0.4, 0.5) is 0 Å². The first-order chi connectivity index (χ1) is 18.8. The van der Waals surface area contributed by atoms with Gasteiger partial charge in [0, 0.05) is 12.8 Å². The van der Waals surface area contributed by atoms with Crippen molar-refractivity contribution in [2.45, 2.75) is 181 Å². The molecule has 0 saturated carbocycles. The van der Waals surface area contributed by atoms with E-state index in [9.17, 15) is 19.0 Å². The molecule has 0 fully saturated rings. The lowest BCUT2D eigenvalue weighted by molar-refractivity contribution is -0.150. The quantitative estimate of drug-likeness (QED) is 0.0537. The highest BCUT2D eigenvalue weighted by Crippen LogP contribution is 2.43. The summed E-state index contributed by atoms with van der Waals surface area (Å²) in [6.07, 6.45) is 25.8. The van der Waals surface area contributed by atoms with E-state index < -0.39 is 19.9 Å². The average molecular weight is 577 g/mol. The Balaban J connectivity index is 3.70. The first-order valence-corrected chi connectivity index (χ1v) is 17.7.